The van der Waals surface area contributed by atoms with E-state index >= 15 is 0 Å². The highest BCUT2D eigenvalue weighted by atomic mass is 127. The van der Waals surface area contributed by atoms with E-state index in [1.165, 1.54) is 0 Å². The van der Waals surface area contributed by atoms with Gasteiger partial charge in [0.2, 0.25) is 0 Å². The molecule has 0 unspecified atom stereocenters. The van der Waals surface area contributed by atoms with Crippen LogP contribution in [0.15, 0.2) is 12.3 Å². The lowest BCUT2D eigenvalue weighted by atomic mass is 10.4. The van der Waals surface area contributed by atoms with E-state index in [2.05, 4.69) is 22.6 Å². The molecular formula is C8H10INO2. The maximum atomic E-state index is 11.3. The van der Waals surface area contributed by atoms with E-state index in [1.54, 1.807) is 11.5 Å². The minimum atomic E-state index is -0.255. The van der Waals surface area contributed by atoms with E-state index in [9.17, 15) is 4.79 Å². The summed E-state index contributed by atoms with van der Waals surface area (Å²) in [5.41, 5.74) is 0.623. The molecular weight excluding hydrogens is 269 g/mol. The summed E-state index contributed by atoms with van der Waals surface area (Å²) in [4.78, 5) is 11.3. The van der Waals surface area contributed by atoms with Crippen LogP contribution in [0.3, 0.4) is 0 Å². The minimum Gasteiger partial charge on any atom is -0.461 e. The fraction of sp³-hybridized carbons (Fsp3) is 0.375. The standard InChI is InChI=1S/C8H10INO2/c1-3-12-8(11)7-6(9)4-5-10(7)2/h4-5H,3H2,1-2H3. The van der Waals surface area contributed by atoms with Crippen LogP contribution in [0, 0.1) is 3.57 Å². The van der Waals surface area contributed by atoms with Crippen molar-refractivity contribution in [3.05, 3.63) is 21.5 Å². The number of ether oxygens (including phenoxy) is 1. The van der Waals surface area contributed by atoms with Crippen LogP contribution in [0.5, 0.6) is 0 Å². The average molecular weight is 279 g/mol. The summed E-state index contributed by atoms with van der Waals surface area (Å²) in [6, 6.07) is 1.88. The van der Waals surface area contributed by atoms with Crippen LogP contribution in [-0.4, -0.2) is 17.1 Å². The molecule has 0 atom stereocenters. The molecule has 0 radical (unpaired) electrons. The van der Waals surface area contributed by atoms with Crippen molar-refractivity contribution in [2.24, 2.45) is 7.05 Å². The predicted octanol–water partition coefficient (Wildman–Crippen LogP) is 1.81. The Hall–Kier alpha value is -0.520. The molecule has 1 aromatic rings. The molecule has 0 saturated heterocycles. The molecule has 0 aliphatic carbocycles. The van der Waals surface area contributed by atoms with Crippen LogP contribution in [0.4, 0.5) is 0 Å². The molecule has 0 aliphatic heterocycles. The molecule has 1 heterocycles. The molecule has 1 rings (SSSR count). The first kappa shape index (κ1) is 9.57. The molecule has 0 spiro atoms. The van der Waals surface area contributed by atoms with Crippen LogP contribution in [-0.2, 0) is 11.8 Å². The summed E-state index contributed by atoms with van der Waals surface area (Å²) in [5, 5.41) is 0. The molecule has 66 valence electrons. The zero-order valence-corrected chi connectivity index (χ0v) is 9.16. The van der Waals surface area contributed by atoms with Crippen LogP contribution < -0.4 is 0 Å². The summed E-state index contributed by atoms with van der Waals surface area (Å²) < 4.78 is 7.57. The first-order valence-electron chi connectivity index (χ1n) is 3.64. The largest absolute Gasteiger partial charge is 0.461 e. The van der Waals surface area contributed by atoms with Crippen molar-refractivity contribution in [3.63, 3.8) is 0 Å². The van der Waals surface area contributed by atoms with Crippen LogP contribution >= 0.6 is 22.6 Å². The number of carbonyl (C=O) groups is 1. The van der Waals surface area contributed by atoms with Gasteiger partial charge in [-0.1, -0.05) is 0 Å². The third-order valence-corrected chi connectivity index (χ3v) is 2.36. The number of halogens is 1. The smallest absolute Gasteiger partial charge is 0.356 e. The van der Waals surface area contributed by atoms with Crippen molar-refractivity contribution in [2.75, 3.05) is 6.61 Å². The topological polar surface area (TPSA) is 31.2 Å². The van der Waals surface area contributed by atoms with E-state index < -0.39 is 0 Å². The molecule has 3 nitrogen and oxygen atoms in total. The maximum Gasteiger partial charge on any atom is 0.356 e. The van der Waals surface area contributed by atoms with Crippen molar-refractivity contribution >= 4 is 28.6 Å². The molecule has 12 heavy (non-hydrogen) atoms. The second kappa shape index (κ2) is 3.93. The Morgan fingerprint density at radius 1 is 1.75 bits per heavy atom. The zero-order valence-electron chi connectivity index (χ0n) is 7.00. The Balaban J connectivity index is 2.93. The van der Waals surface area contributed by atoms with Gasteiger partial charge in [0.1, 0.15) is 5.69 Å². The summed E-state index contributed by atoms with van der Waals surface area (Å²) >= 11 is 2.11. The first-order chi connectivity index (χ1) is 5.66. The molecule has 0 amide bonds. The third-order valence-electron chi connectivity index (χ3n) is 1.49. The lowest BCUT2D eigenvalue weighted by Crippen LogP contribution is -2.10. The zero-order chi connectivity index (χ0) is 9.14. The molecule has 1 aromatic heterocycles. The number of carbonyl (C=O) groups excluding carboxylic acids is 1. The van der Waals surface area contributed by atoms with Gasteiger partial charge in [-0.05, 0) is 35.6 Å². The minimum absolute atomic E-state index is 0.255. The fourth-order valence-corrected chi connectivity index (χ4v) is 1.70. The van der Waals surface area contributed by atoms with E-state index in [1.807, 2.05) is 19.3 Å². The summed E-state index contributed by atoms with van der Waals surface area (Å²) in [5.74, 6) is -0.255. The third kappa shape index (κ3) is 1.80. The highest BCUT2D eigenvalue weighted by Crippen LogP contribution is 2.13. The second-order valence-corrected chi connectivity index (χ2v) is 3.51. The van der Waals surface area contributed by atoms with E-state index in [0.29, 0.717) is 12.3 Å². The van der Waals surface area contributed by atoms with E-state index in [0.717, 1.165) is 3.57 Å². The predicted molar refractivity (Wildman–Crippen MR) is 54.1 cm³/mol. The molecule has 4 heteroatoms. The number of esters is 1. The van der Waals surface area contributed by atoms with Crippen molar-refractivity contribution in [1.29, 1.82) is 0 Å². The molecule has 0 aliphatic rings. The van der Waals surface area contributed by atoms with Gasteiger partial charge in [-0.3, -0.25) is 0 Å². The van der Waals surface area contributed by atoms with Gasteiger partial charge in [0.15, 0.2) is 0 Å². The van der Waals surface area contributed by atoms with Crippen LogP contribution in [0.25, 0.3) is 0 Å². The quantitative estimate of drug-likeness (QED) is 0.610. The molecule has 0 aromatic carbocycles. The molecule has 0 bridgehead atoms. The first-order valence-corrected chi connectivity index (χ1v) is 4.72. The number of hydrogen-bond donors (Lipinski definition) is 0. The van der Waals surface area contributed by atoms with E-state index in [4.69, 9.17) is 4.74 Å². The van der Waals surface area contributed by atoms with Gasteiger partial charge in [0.25, 0.3) is 0 Å². The van der Waals surface area contributed by atoms with Gasteiger partial charge in [-0.2, -0.15) is 0 Å². The van der Waals surface area contributed by atoms with E-state index in [-0.39, 0.29) is 5.97 Å². The number of aryl methyl sites for hydroxylation is 1. The van der Waals surface area contributed by atoms with Gasteiger partial charge in [-0.15, -0.1) is 0 Å². The maximum absolute atomic E-state index is 11.3. The van der Waals surface area contributed by atoms with Gasteiger partial charge in [0.05, 0.1) is 6.61 Å². The Bertz CT molecular complexity index is 274. The monoisotopic (exact) mass is 279 g/mol. The van der Waals surface area contributed by atoms with Gasteiger partial charge in [-0.25, -0.2) is 4.79 Å². The van der Waals surface area contributed by atoms with Crippen molar-refractivity contribution in [2.45, 2.75) is 6.92 Å². The van der Waals surface area contributed by atoms with Gasteiger partial charge < -0.3 is 9.30 Å². The normalized spacial score (nSPS) is 9.92. The Kier molecular flexibility index (Phi) is 3.13. The van der Waals surface area contributed by atoms with Gasteiger partial charge >= 0.3 is 5.97 Å². The van der Waals surface area contributed by atoms with Crippen molar-refractivity contribution in [3.8, 4) is 0 Å². The Labute approximate surface area is 84.8 Å². The summed E-state index contributed by atoms with van der Waals surface area (Å²) in [7, 11) is 1.83. The summed E-state index contributed by atoms with van der Waals surface area (Å²) in [6.45, 7) is 2.22. The lowest BCUT2D eigenvalue weighted by Gasteiger charge is -2.03. The fourth-order valence-electron chi connectivity index (χ4n) is 0.940. The second-order valence-electron chi connectivity index (χ2n) is 2.34. The lowest BCUT2D eigenvalue weighted by molar-refractivity contribution is 0.0514. The number of rotatable bonds is 2. The molecule has 0 saturated carbocycles. The van der Waals surface area contributed by atoms with Gasteiger partial charge in [0, 0.05) is 16.8 Å². The van der Waals surface area contributed by atoms with Crippen molar-refractivity contribution < 1.29 is 9.53 Å². The highest BCUT2D eigenvalue weighted by Gasteiger charge is 2.13. The number of nitrogens with zero attached hydrogens (tertiary/aromatic N) is 1. The summed E-state index contributed by atoms with van der Waals surface area (Å²) in [6.07, 6.45) is 1.84. The Morgan fingerprint density at radius 3 is 2.83 bits per heavy atom. The van der Waals surface area contributed by atoms with Crippen LogP contribution in [0.2, 0.25) is 0 Å². The SMILES string of the molecule is CCOC(=O)c1c(I)ccn1C. The highest BCUT2D eigenvalue weighted by molar-refractivity contribution is 14.1. The van der Waals surface area contributed by atoms with Crippen molar-refractivity contribution in [1.82, 2.24) is 4.57 Å². The van der Waals surface area contributed by atoms with Crippen LogP contribution in [0.1, 0.15) is 17.4 Å². The Morgan fingerprint density at radius 2 is 2.42 bits per heavy atom. The number of hydrogen-bond acceptors (Lipinski definition) is 2. The average Bonchev–Trinajstić information content (AvgIpc) is 2.32. The molecule has 0 N–H and O–H groups in total. The number of aromatic nitrogens is 1. The molecule has 0 fully saturated rings.